The van der Waals surface area contributed by atoms with Crippen LogP contribution < -0.4 is 5.32 Å². The molecule has 0 radical (unpaired) electrons. The predicted molar refractivity (Wildman–Crippen MR) is 159 cm³/mol. The number of hydrogen-bond donors (Lipinski definition) is 1. The smallest absolute Gasteiger partial charge is 0.407 e. The van der Waals surface area contributed by atoms with Crippen LogP contribution in [0.3, 0.4) is 0 Å². The molecule has 228 valence electrons. The van der Waals surface area contributed by atoms with E-state index in [1.54, 1.807) is 0 Å². The molecule has 2 rings (SSSR count). The van der Waals surface area contributed by atoms with Gasteiger partial charge in [-0.25, -0.2) is 4.79 Å². The summed E-state index contributed by atoms with van der Waals surface area (Å²) in [6, 6.07) is 9.43. The largest absolute Gasteiger partial charge is 0.461 e. The Hall–Kier alpha value is -2.12. The Labute approximate surface area is 243 Å². The maximum absolute atomic E-state index is 12.8. The van der Waals surface area contributed by atoms with Gasteiger partial charge < -0.3 is 24.3 Å². The fraction of sp³-hybridized carbons (Fsp3) is 0.758. The summed E-state index contributed by atoms with van der Waals surface area (Å²) in [5, 5.41) is 2.52. The summed E-state index contributed by atoms with van der Waals surface area (Å²) in [5.74, 6) is -0.945. The minimum absolute atomic E-state index is 0.00437. The van der Waals surface area contributed by atoms with Crippen molar-refractivity contribution < 1.29 is 28.5 Å². The number of hydrogen-bond acceptors (Lipinski definition) is 6. The molecular weight excluding hydrogens is 506 g/mol. The molecule has 1 aliphatic rings. The Morgan fingerprint density at radius 3 is 2.20 bits per heavy atom. The Morgan fingerprint density at radius 2 is 1.57 bits per heavy atom. The highest BCUT2D eigenvalue weighted by atomic mass is 16.7. The van der Waals surface area contributed by atoms with Crippen LogP contribution in [0.25, 0.3) is 0 Å². The minimum Gasteiger partial charge on any atom is -0.461 e. The van der Waals surface area contributed by atoms with Crippen molar-refractivity contribution in [1.82, 2.24) is 5.32 Å². The lowest BCUT2D eigenvalue weighted by molar-refractivity contribution is -0.304. The van der Waals surface area contributed by atoms with Gasteiger partial charge in [0.05, 0.1) is 12.7 Å². The van der Waals surface area contributed by atoms with Crippen LogP contribution in [0.1, 0.15) is 117 Å². The van der Waals surface area contributed by atoms with Crippen LogP contribution >= 0.6 is 0 Å². The predicted octanol–water partition coefficient (Wildman–Crippen LogP) is 7.95. The third kappa shape index (κ3) is 14.0. The van der Waals surface area contributed by atoms with Crippen molar-refractivity contribution in [2.75, 3.05) is 13.2 Å². The van der Waals surface area contributed by atoms with Crippen LogP contribution in [0, 0.1) is 11.8 Å². The molecule has 0 spiro atoms. The van der Waals surface area contributed by atoms with Crippen LogP contribution in [-0.4, -0.2) is 43.2 Å². The average molecular weight is 562 g/mol. The minimum atomic E-state index is -0.666. The van der Waals surface area contributed by atoms with Gasteiger partial charge in [-0.05, 0) is 32.3 Å². The van der Waals surface area contributed by atoms with Gasteiger partial charge in [-0.2, -0.15) is 0 Å². The van der Waals surface area contributed by atoms with E-state index >= 15 is 0 Å². The maximum atomic E-state index is 12.8. The Kier molecular flexibility index (Phi) is 16.3. The second-order valence-corrected chi connectivity index (χ2v) is 11.9. The van der Waals surface area contributed by atoms with E-state index in [2.05, 4.69) is 26.1 Å². The Bertz CT molecular complexity index is 829. The summed E-state index contributed by atoms with van der Waals surface area (Å²) in [4.78, 5) is 24.9. The molecule has 1 fully saturated rings. The second-order valence-electron chi connectivity index (χ2n) is 11.9. The van der Waals surface area contributed by atoms with E-state index in [4.69, 9.17) is 18.9 Å². The Balaban J connectivity index is 1.80. The molecule has 0 unspecified atom stereocenters. The van der Waals surface area contributed by atoms with Gasteiger partial charge in [0.25, 0.3) is 0 Å². The molecule has 40 heavy (non-hydrogen) atoms. The quantitative estimate of drug-likeness (QED) is 0.136. The third-order valence-electron chi connectivity index (χ3n) is 7.74. The number of amides is 1. The molecule has 0 saturated carbocycles. The van der Waals surface area contributed by atoms with Gasteiger partial charge in [0.1, 0.15) is 19.3 Å². The molecule has 1 heterocycles. The summed E-state index contributed by atoms with van der Waals surface area (Å²) in [6.45, 7) is 10.8. The fourth-order valence-corrected chi connectivity index (χ4v) is 5.31. The van der Waals surface area contributed by atoms with Crippen LogP contribution in [0.5, 0.6) is 0 Å². The first-order valence-electron chi connectivity index (χ1n) is 15.7. The zero-order valence-corrected chi connectivity index (χ0v) is 25.8. The van der Waals surface area contributed by atoms with Crippen LogP contribution in [0.4, 0.5) is 4.79 Å². The topological polar surface area (TPSA) is 83.1 Å². The van der Waals surface area contributed by atoms with Crippen molar-refractivity contribution in [3.63, 3.8) is 0 Å². The molecule has 1 aliphatic heterocycles. The van der Waals surface area contributed by atoms with Crippen LogP contribution in [-0.2, 0) is 30.3 Å². The Morgan fingerprint density at radius 1 is 0.975 bits per heavy atom. The summed E-state index contributed by atoms with van der Waals surface area (Å²) < 4.78 is 23.3. The monoisotopic (exact) mass is 561 g/mol. The van der Waals surface area contributed by atoms with Crippen molar-refractivity contribution in [3.05, 3.63) is 35.9 Å². The molecule has 7 nitrogen and oxygen atoms in total. The van der Waals surface area contributed by atoms with Gasteiger partial charge in [0.2, 0.25) is 0 Å². The van der Waals surface area contributed by atoms with E-state index in [9.17, 15) is 9.59 Å². The van der Waals surface area contributed by atoms with Crippen LogP contribution in [0.15, 0.2) is 30.3 Å². The van der Waals surface area contributed by atoms with E-state index in [0.29, 0.717) is 6.61 Å². The van der Waals surface area contributed by atoms with E-state index in [1.165, 1.54) is 57.8 Å². The number of rotatable bonds is 19. The van der Waals surface area contributed by atoms with Gasteiger partial charge in [0, 0.05) is 11.8 Å². The van der Waals surface area contributed by atoms with E-state index in [0.717, 1.165) is 24.8 Å². The molecule has 0 bridgehead atoms. The van der Waals surface area contributed by atoms with Crippen molar-refractivity contribution in [2.45, 2.75) is 136 Å². The van der Waals surface area contributed by atoms with E-state index < -0.39 is 17.8 Å². The third-order valence-corrected chi connectivity index (χ3v) is 7.74. The zero-order chi connectivity index (χ0) is 29.2. The molecule has 1 aromatic carbocycles. The van der Waals surface area contributed by atoms with Crippen molar-refractivity contribution in [1.29, 1.82) is 0 Å². The fourth-order valence-electron chi connectivity index (χ4n) is 5.31. The van der Waals surface area contributed by atoms with Gasteiger partial charge in [-0.15, -0.1) is 0 Å². The molecular formula is C33H55NO6. The second kappa shape index (κ2) is 19.1. The number of esters is 1. The summed E-state index contributed by atoms with van der Waals surface area (Å²) >= 11 is 0. The molecule has 0 aromatic heterocycles. The van der Waals surface area contributed by atoms with Crippen molar-refractivity contribution in [2.24, 2.45) is 11.8 Å². The normalized spacial score (nSPS) is 19.9. The van der Waals surface area contributed by atoms with Crippen LogP contribution in [0.2, 0.25) is 0 Å². The van der Waals surface area contributed by atoms with Gasteiger partial charge in [-0.1, -0.05) is 115 Å². The van der Waals surface area contributed by atoms with E-state index in [-0.39, 0.29) is 37.2 Å². The average Bonchev–Trinajstić information content (AvgIpc) is 2.94. The van der Waals surface area contributed by atoms with Gasteiger partial charge in [-0.3, -0.25) is 4.79 Å². The number of carbonyl (C=O) groups excluding carboxylic acids is 2. The molecule has 7 heteroatoms. The number of nitrogens with one attached hydrogen (secondary N) is 1. The van der Waals surface area contributed by atoms with Crippen molar-refractivity contribution >= 4 is 12.1 Å². The number of unbranched alkanes of at least 4 members (excludes halogenated alkanes) is 10. The highest BCUT2D eigenvalue weighted by Crippen LogP contribution is 2.33. The number of alkyl carbamates (subject to hydrolysis) is 1. The lowest BCUT2D eigenvalue weighted by atomic mass is 9.86. The first-order valence-corrected chi connectivity index (χ1v) is 15.7. The summed E-state index contributed by atoms with van der Waals surface area (Å²) in [6.07, 6.45) is 13.7. The highest BCUT2D eigenvalue weighted by molar-refractivity contribution is 5.78. The van der Waals surface area contributed by atoms with E-state index in [1.807, 2.05) is 44.2 Å². The molecule has 1 aromatic rings. The number of benzene rings is 1. The first-order chi connectivity index (χ1) is 19.2. The maximum Gasteiger partial charge on any atom is 0.407 e. The molecule has 4 atom stereocenters. The molecule has 1 saturated heterocycles. The zero-order valence-electron chi connectivity index (χ0n) is 25.8. The molecule has 1 N–H and O–H groups in total. The lowest BCUT2D eigenvalue weighted by Gasteiger charge is -2.44. The number of ether oxygens (including phenoxy) is 4. The summed E-state index contributed by atoms with van der Waals surface area (Å²) in [5.41, 5.74) is 0.884. The first kappa shape index (κ1) is 34.1. The van der Waals surface area contributed by atoms with Gasteiger partial charge >= 0.3 is 12.1 Å². The SMILES string of the molecule is CCCCCCCCCCCCC[C@@H](OC(=O)CNC(=O)OCc1ccccc1)[C@H](C)[C@H]1OC(C)(C)OC[C@@H]1C. The van der Waals surface area contributed by atoms with Crippen molar-refractivity contribution in [3.8, 4) is 0 Å². The standard InChI is InChI=1S/C33H55NO6/c1-6-7-8-9-10-11-12-13-14-15-19-22-29(27(3)31-26(2)24-38-33(4,5)40-31)39-30(35)23-34-32(36)37-25-28-20-17-16-18-21-28/h16-18,20-21,26-27,29,31H,6-15,19,22-25H2,1-5H3,(H,34,36)/t26-,27-,29+,31-/m0/s1. The number of carbonyl (C=O) groups is 2. The van der Waals surface area contributed by atoms with Gasteiger partial charge in [0.15, 0.2) is 5.79 Å². The lowest BCUT2D eigenvalue weighted by Crippen LogP contribution is -2.50. The molecule has 0 aliphatic carbocycles. The molecule has 1 amide bonds. The highest BCUT2D eigenvalue weighted by Gasteiger charge is 2.40. The summed E-state index contributed by atoms with van der Waals surface area (Å²) in [7, 11) is 0.